The van der Waals surface area contributed by atoms with Crippen molar-refractivity contribution in [2.24, 2.45) is 0 Å². The van der Waals surface area contributed by atoms with Gasteiger partial charge in [-0.25, -0.2) is 0 Å². The Kier molecular flexibility index (Phi) is 3.11. The molecule has 2 heterocycles. The summed E-state index contributed by atoms with van der Waals surface area (Å²) in [5, 5.41) is 12.7. The maximum absolute atomic E-state index is 9.21. The van der Waals surface area contributed by atoms with Crippen LogP contribution in [0.25, 0.3) is 11.3 Å². The van der Waals surface area contributed by atoms with Gasteiger partial charge in [-0.1, -0.05) is 24.3 Å². The van der Waals surface area contributed by atoms with Crippen LogP contribution in [-0.2, 0) is 9.31 Å². The molecule has 1 aliphatic heterocycles. The molecule has 0 saturated carbocycles. The van der Waals surface area contributed by atoms with Gasteiger partial charge in [-0.15, -0.1) is 0 Å². The summed E-state index contributed by atoms with van der Waals surface area (Å²) in [6.45, 7) is 8.11. The highest BCUT2D eigenvalue weighted by atomic mass is 16.7. The van der Waals surface area contributed by atoms with E-state index >= 15 is 0 Å². The molecule has 6 heteroatoms. The molecule has 5 nitrogen and oxygen atoms in total. The summed E-state index contributed by atoms with van der Waals surface area (Å²) in [5.74, 6) is 0.396. The molecule has 0 amide bonds. The molecule has 0 radical (unpaired) electrons. The summed E-state index contributed by atoms with van der Waals surface area (Å²) < 4.78 is 17.0. The number of nitrogens with zero attached hydrogens (tertiary/aromatic N) is 1. The first-order valence-corrected chi connectivity index (χ1v) is 6.90. The maximum Gasteiger partial charge on any atom is 0.494 e. The van der Waals surface area contributed by atoms with Crippen molar-refractivity contribution in [3.8, 4) is 17.2 Å². The monoisotopic (exact) mass is 287 g/mol. The first-order valence-electron chi connectivity index (χ1n) is 6.90. The van der Waals surface area contributed by atoms with Gasteiger partial charge in [0.25, 0.3) is 5.88 Å². The smallest absolute Gasteiger partial charge is 0.491 e. The van der Waals surface area contributed by atoms with Crippen LogP contribution >= 0.6 is 0 Å². The predicted octanol–water partition coefficient (Wildman–Crippen LogP) is 2.35. The average molecular weight is 287 g/mol. The molecule has 0 spiro atoms. The molecule has 1 fully saturated rings. The highest BCUT2D eigenvalue weighted by Crippen LogP contribution is 2.36. The molecule has 1 N–H and O–H groups in total. The third-order valence-electron chi connectivity index (χ3n) is 4.22. The molecule has 0 bridgehead atoms. The van der Waals surface area contributed by atoms with Crippen molar-refractivity contribution in [2.75, 3.05) is 0 Å². The SMILES string of the molecule is CC1(C)OB(c2ccc(-c3cc(O)no3)cc2)OC1(C)C. The number of aromatic hydroxyl groups is 1. The van der Waals surface area contributed by atoms with Crippen LogP contribution in [-0.4, -0.2) is 28.6 Å². The minimum atomic E-state index is -0.382. The van der Waals surface area contributed by atoms with E-state index in [1.807, 2.05) is 52.0 Å². The normalized spacial score (nSPS) is 19.9. The van der Waals surface area contributed by atoms with Gasteiger partial charge in [0.15, 0.2) is 5.76 Å². The van der Waals surface area contributed by atoms with Crippen LogP contribution in [0.2, 0.25) is 0 Å². The zero-order valence-electron chi connectivity index (χ0n) is 12.6. The van der Waals surface area contributed by atoms with E-state index in [9.17, 15) is 5.11 Å². The minimum Gasteiger partial charge on any atom is -0.491 e. The maximum atomic E-state index is 9.21. The van der Waals surface area contributed by atoms with Gasteiger partial charge < -0.3 is 18.9 Å². The van der Waals surface area contributed by atoms with Gasteiger partial charge in [0.05, 0.1) is 11.2 Å². The lowest BCUT2D eigenvalue weighted by molar-refractivity contribution is 0.00578. The predicted molar refractivity (Wildman–Crippen MR) is 79.3 cm³/mol. The Morgan fingerprint density at radius 2 is 1.57 bits per heavy atom. The van der Waals surface area contributed by atoms with E-state index in [1.54, 1.807) is 0 Å². The van der Waals surface area contributed by atoms with Crippen molar-refractivity contribution < 1.29 is 18.9 Å². The van der Waals surface area contributed by atoms with Gasteiger partial charge in [-0.3, -0.25) is 0 Å². The summed E-state index contributed by atoms with van der Waals surface area (Å²) in [6.07, 6.45) is 0. The molecule has 1 saturated heterocycles. The van der Waals surface area contributed by atoms with E-state index in [0.29, 0.717) is 5.76 Å². The molecule has 1 aromatic carbocycles. The second kappa shape index (κ2) is 4.61. The van der Waals surface area contributed by atoms with E-state index in [-0.39, 0.29) is 24.2 Å². The minimum absolute atomic E-state index is 0.125. The molecular formula is C15H18BNO4. The molecule has 2 aromatic rings. The van der Waals surface area contributed by atoms with Crippen molar-refractivity contribution in [1.29, 1.82) is 0 Å². The zero-order chi connectivity index (χ0) is 15.3. The number of hydrogen-bond acceptors (Lipinski definition) is 5. The number of benzene rings is 1. The zero-order valence-corrected chi connectivity index (χ0v) is 12.6. The van der Waals surface area contributed by atoms with Gasteiger partial charge in [0, 0.05) is 11.6 Å². The van der Waals surface area contributed by atoms with Crippen molar-refractivity contribution in [1.82, 2.24) is 5.16 Å². The summed E-state index contributed by atoms with van der Waals surface area (Å²) in [7, 11) is -0.382. The van der Waals surface area contributed by atoms with Crippen LogP contribution in [0.5, 0.6) is 5.88 Å². The van der Waals surface area contributed by atoms with Gasteiger partial charge in [0.2, 0.25) is 0 Å². The van der Waals surface area contributed by atoms with Gasteiger partial charge in [0.1, 0.15) is 0 Å². The van der Waals surface area contributed by atoms with Crippen LogP contribution in [0.4, 0.5) is 0 Å². The Bertz CT molecular complexity index is 632. The fourth-order valence-electron chi connectivity index (χ4n) is 2.19. The topological polar surface area (TPSA) is 64.7 Å². The first-order chi connectivity index (χ1) is 9.78. The Morgan fingerprint density at radius 3 is 2.05 bits per heavy atom. The molecule has 3 rings (SSSR count). The van der Waals surface area contributed by atoms with Crippen LogP contribution in [0.15, 0.2) is 34.9 Å². The number of hydrogen-bond donors (Lipinski definition) is 1. The Morgan fingerprint density at radius 1 is 1.00 bits per heavy atom. The number of aromatic nitrogens is 1. The largest absolute Gasteiger partial charge is 0.494 e. The van der Waals surface area contributed by atoms with E-state index in [4.69, 9.17) is 13.8 Å². The lowest BCUT2D eigenvalue weighted by atomic mass is 9.79. The highest BCUT2D eigenvalue weighted by molar-refractivity contribution is 6.62. The second-order valence-corrected chi connectivity index (χ2v) is 6.26. The van der Waals surface area contributed by atoms with Crippen molar-refractivity contribution in [3.63, 3.8) is 0 Å². The Labute approximate surface area is 124 Å². The molecule has 0 atom stereocenters. The third-order valence-corrected chi connectivity index (χ3v) is 4.22. The van der Waals surface area contributed by atoms with Crippen molar-refractivity contribution >= 4 is 12.6 Å². The van der Waals surface area contributed by atoms with Crippen LogP contribution in [0.1, 0.15) is 27.7 Å². The van der Waals surface area contributed by atoms with E-state index in [1.165, 1.54) is 6.07 Å². The molecular weight excluding hydrogens is 269 g/mol. The number of rotatable bonds is 2. The van der Waals surface area contributed by atoms with E-state index < -0.39 is 0 Å². The van der Waals surface area contributed by atoms with Gasteiger partial charge in [-0.2, -0.15) is 0 Å². The third kappa shape index (κ3) is 2.45. The summed E-state index contributed by atoms with van der Waals surface area (Å²) in [6, 6.07) is 9.11. The van der Waals surface area contributed by atoms with E-state index in [2.05, 4.69) is 5.16 Å². The standard InChI is InChI=1S/C15H18BNO4/c1-14(2)15(3,4)21-16(20-14)11-7-5-10(6-8-11)12-9-13(18)17-19-12/h5-9H,1-4H3,(H,17,18). The molecule has 1 aliphatic rings. The van der Waals surface area contributed by atoms with Gasteiger partial charge >= 0.3 is 7.12 Å². The fraction of sp³-hybridized carbons (Fsp3) is 0.400. The summed E-state index contributed by atoms with van der Waals surface area (Å²) >= 11 is 0. The Hall–Kier alpha value is -1.79. The molecule has 110 valence electrons. The van der Waals surface area contributed by atoms with Crippen LogP contribution < -0.4 is 5.46 Å². The van der Waals surface area contributed by atoms with Gasteiger partial charge in [-0.05, 0) is 38.3 Å². The summed E-state index contributed by atoms with van der Waals surface area (Å²) in [5.41, 5.74) is 1.07. The first kappa shape index (κ1) is 14.2. The molecule has 21 heavy (non-hydrogen) atoms. The quantitative estimate of drug-likeness (QED) is 0.859. The average Bonchev–Trinajstić information content (AvgIpc) is 2.92. The molecule has 0 aliphatic carbocycles. The van der Waals surface area contributed by atoms with Crippen LogP contribution in [0.3, 0.4) is 0 Å². The lowest BCUT2D eigenvalue weighted by Crippen LogP contribution is -2.41. The molecule has 0 unspecified atom stereocenters. The summed E-state index contributed by atoms with van der Waals surface area (Å²) in [4.78, 5) is 0. The Balaban J connectivity index is 1.83. The van der Waals surface area contributed by atoms with Crippen molar-refractivity contribution in [2.45, 2.75) is 38.9 Å². The molecule has 1 aromatic heterocycles. The highest BCUT2D eigenvalue weighted by Gasteiger charge is 2.51. The van der Waals surface area contributed by atoms with E-state index in [0.717, 1.165) is 11.0 Å². The second-order valence-electron chi connectivity index (χ2n) is 6.26. The fourth-order valence-corrected chi connectivity index (χ4v) is 2.19. The van der Waals surface area contributed by atoms with Crippen molar-refractivity contribution in [3.05, 3.63) is 30.3 Å². The van der Waals surface area contributed by atoms with Crippen LogP contribution in [0, 0.1) is 0 Å². The lowest BCUT2D eigenvalue weighted by Gasteiger charge is -2.32.